The van der Waals surface area contributed by atoms with Crippen LogP contribution >= 0.6 is 27.3 Å². The van der Waals surface area contributed by atoms with E-state index in [1.54, 1.807) is 18.0 Å². The molecule has 1 unspecified atom stereocenters. The van der Waals surface area contributed by atoms with Gasteiger partial charge in [0.2, 0.25) is 5.91 Å². The Morgan fingerprint density at radius 2 is 2.20 bits per heavy atom. The molecule has 4 rings (SSSR count). The largest absolute Gasteiger partial charge is 0.342 e. The van der Waals surface area contributed by atoms with Crippen molar-refractivity contribution < 1.29 is 9.59 Å². The van der Waals surface area contributed by atoms with Crippen molar-refractivity contribution >= 4 is 50.0 Å². The lowest BCUT2D eigenvalue weighted by Gasteiger charge is -2.25. The highest BCUT2D eigenvalue weighted by Crippen LogP contribution is 2.47. The van der Waals surface area contributed by atoms with E-state index < -0.39 is 0 Å². The van der Waals surface area contributed by atoms with E-state index in [-0.39, 0.29) is 17.4 Å². The molecule has 3 amide bonds. The molecule has 0 radical (unpaired) electrons. The van der Waals surface area contributed by atoms with E-state index in [9.17, 15) is 9.59 Å². The summed E-state index contributed by atoms with van der Waals surface area (Å²) in [7, 11) is 0. The Kier molecular flexibility index (Phi) is 4.04. The van der Waals surface area contributed by atoms with Crippen molar-refractivity contribution in [2.75, 3.05) is 29.9 Å². The SMILES string of the molecule is CC(=O)N1CCC2(C1)CN(C(=O)Nc1nccs1)c1ccc(Br)cc12. The van der Waals surface area contributed by atoms with E-state index in [1.807, 2.05) is 22.4 Å². The lowest BCUT2D eigenvalue weighted by atomic mass is 9.81. The van der Waals surface area contributed by atoms with Gasteiger partial charge in [0.05, 0.1) is 0 Å². The van der Waals surface area contributed by atoms with Gasteiger partial charge in [0.15, 0.2) is 5.13 Å². The Labute approximate surface area is 158 Å². The minimum atomic E-state index is -0.203. The molecule has 1 aromatic carbocycles. The third-order valence-electron chi connectivity index (χ3n) is 4.97. The first kappa shape index (κ1) is 16.5. The molecule has 1 N–H and O–H groups in total. The van der Waals surface area contributed by atoms with Gasteiger partial charge >= 0.3 is 6.03 Å². The van der Waals surface area contributed by atoms with E-state index in [1.165, 1.54) is 11.3 Å². The molecule has 2 aromatic rings. The summed E-state index contributed by atoms with van der Waals surface area (Å²) >= 11 is 4.93. The van der Waals surface area contributed by atoms with Gasteiger partial charge in [-0.2, -0.15) is 0 Å². The summed E-state index contributed by atoms with van der Waals surface area (Å²) in [5, 5.41) is 5.27. The van der Waals surface area contributed by atoms with E-state index in [0.29, 0.717) is 18.2 Å². The molecular formula is C17H17BrN4O2S. The number of nitrogens with one attached hydrogen (secondary N) is 1. The lowest BCUT2D eigenvalue weighted by Crippen LogP contribution is -2.41. The standard InChI is InChI=1S/C17H17BrN4O2S/c1-11(23)21-6-4-17(9-21)10-22(14-3-2-12(18)8-13(14)17)16(24)20-15-19-5-7-25-15/h2-3,5,7-8H,4,6,9-10H2,1H3,(H,19,20,24). The molecule has 0 aliphatic carbocycles. The van der Waals surface area contributed by atoms with Gasteiger partial charge in [0.1, 0.15) is 0 Å². The minimum Gasteiger partial charge on any atom is -0.342 e. The van der Waals surface area contributed by atoms with Crippen LogP contribution in [0.25, 0.3) is 0 Å². The molecule has 0 bridgehead atoms. The van der Waals surface area contributed by atoms with E-state index in [0.717, 1.165) is 28.7 Å². The molecule has 0 saturated carbocycles. The van der Waals surface area contributed by atoms with Crippen molar-refractivity contribution in [1.29, 1.82) is 0 Å². The summed E-state index contributed by atoms with van der Waals surface area (Å²) in [4.78, 5) is 32.4. The van der Waals surface area contributed by atoms with Crippen LogP contribution in [-0.2, 0) is 10.2 Å². The number of thiazole rings is 1. The van der Waals surface area contributed by atoms with Gasteiger partial charge in [-0.1, -0.05) is 15.9 Å². The maximum Gasteiger partial charge on any atom is 0.328 e. The number of rotatable bonds is 1. The van der Waals surface area contributed by atoms with Gasteiger partial charge in [-0.25, -0.2) is 9.78 Å². The molecule has 2 aliphatic rings. The highest BCUT2D eigenvalue weighted by Gasteiger charge is 2.49. The van der Waals surface area contributed by atoms with Crippen LogP contribution in [0.2, 0.25) is 0 Å². The quantitative estimate of drug-likeness (QED) is 0.767. The van der Waals surface area contributed by atoms with Crippen molar-refractivity contribution in [3.8, 4) is 0 Å². The summed E-state index contributed by atoms with van der Waals surface area (Å²) in [5.41, 5.74) is 1.83. The number of likely N-dealkylation sites (tertiary alicyclic amines) is 1. The second kappa shape index (κ2) is 6.10. The Bertz CT molecular complexity index is 841. The zero-order valence-electron chi connectivity index (χ0n) is 13.7. The minimum absolute atomic E-state index is 0.0825. The van der Waals surface area contributed by atoms with Gasteiger partial charge in [-0.15, -0.1) is 11.3 Å². The zero-order chi connectivity index (χ0) is 17.6. The normalized spacial score (nSPS) is 21.7. The average Bonchev–Trinajstić information content (AvgIpc) is 3.28. The third kappa shape index (κ3) is 2.83. The van der Waals surface area contributed by atoms with Crippen molar-refractivity contribution in [1.82, 2.24) is 9.88 Å². The van der Waals surface area contributed by atoms with Gasteiger partial charge in [0, 0.05) is 53.7 Å². The molecule has 6 nitrogen and oxygen atoms in total. The molecule has 8 heteroatoms. The number of halogens is 1. The zero-order valence-corrected chi connectivity index (χ0v) is 16.1. The second-order valence-corrected chi connectivity index (χ2v) is 8.30. The van der Waals surface area contributed by atoms with Gasteiger partial charge in [0.25, 0.3) is 0 Å². The average molecular weight is 421 g/mol. The lowest BCUT2D eigenvalue weighted by molar-refractivity contribution is -0.127. The van der Waals surface area contributed by atoms with Crippen molar-refractivity contribution in [2.24, 2.45) is 0 Å². The molecule has 130 valence electrons. The number of benzene rings is 1. The number of amides is 3. The second-order valence-electron chi connectivity index (χ2n) is 6.49. The van der Waals surface area contributed by atoms with Crippen molar-refractivity contribution in [3.05, 3.63) is 39.8 Å². The van der Waals surface area contributed by atoms with E-state index >= 15 is 0 Å². The number of anilines is 2. The maximum atomic E-state index is 12.8. The highest BCUT2D eigenvalue weighted by molar-refractivity contribution is 9.10. The van der Waals surface area contributed by atoms with Crippen LogP contribution in [0.5, 0.6) is 0 Å². The molecule has 1 saturated heterocycles. The van der Waals surface area contributed by atoms with E-state index in [2.05, 4.69) is 32.3 Å². The first-order chi connectivity index (χ1) is 12.0. The first-order valence-electron chi connectivity index (χ1n) is 8.02. The molecule has 1 fully saturated rings. The van der Waals surface area contributed by atoms with Crippen LogP contribution in [0.15, 0.2) is 34.2 Å². The smallest absolute Gasteiger partial charge is 0.328 e. The van der Waals surface area contributed by atoms with Crippen molar-refractivity contribution in [2.45, 2.75) is 18.8 Å². The van der Waals surface area contributed by atoms with Crippen molar-refractivity contribution in [3.63, 3.8) is 0 Å². The van der Waals surface area contributed by atoms with Crippen LogP contribution < -0.4 is 10.2 Å². The Balaban J connectivity index is 1.68. The van der Waals surface area contributed by atoms with Crippen LogP contribution in [-0.4, -0.2) is 41.5 Å². The molecule has 2 aliphatic heterocycles. The topological polar surface area (TPSA) is 65.5 Å². The third-order valence-corrected chi connectivity index (χ3v) is 6.15. The predicted molar refractivity (Wildman–Crippen MR) is 101 cm³/mol. The Morgan fingerprint density at radius 3 is 2.88 bits per heavy atom. The summed E-state index contributed by atoms with van der Waals surface area (Å²) in [6.07, 6.45) is 2.52. The number of aromatic nitrogens is 1. The first-order valence-corrected chi connectivity index (χ1v) is 9.69. The fraction of sp³-hybridized carbons (Fsp3) is 0.353. The Hall–Kier alpha value is -1.93. The fourth-order valence-corrected chi connectivity index (χ4v) is 4.64. The summed E-state index contributed by atoms with van der Waals surface area (Å²) in [6.45, 7) is 3.54. The maximum absolute atomic E-state index is 12.8. The number of nitrogens with zero attached hydrogens (tertiary/aromatic N) is 3. The van der Waals surface area contributed by atoms with E-state index in [4.69, 9.17) is 0 Å². The number of hydrogen-bond donors (Lipinski definition) is 1. The van der Waals surface area contributed by atoms with Crippen LogP contribution in [0.4, 0.5) is 15.6 Å². The Morgan fingerprint density at radius 1 is 1.36 bits per heavy atom. The number of urea groups is 1. The predicted octanol–water partition coefficient (Wildman–Crippen LogP) is 3.45. The number of carbonyl (C=O) groups is 2. The van der Waals surface area contributed by atoms with Crippen LogP contribution in [0, 0.1) is 0 Å². The monoisotopic (exact) mass is 420 g/mol. The molecule has 1 atom stereocenters. The van der Waals surface area contributed by atoms with Crippen LogP contribution in [0.1, 0.15) is 18.9 Å². The number of fused-ring (bicyclic) bond motifs is 2. The summed E-state index contributed by atoms with van der Waals surface area (Å²) < 4.78 is 0.981. The molecule has 25 heavy (non-hydrogen) atoms. The van der Waals surface area contributed by atoms with Crippen LogP contribution in [0.3, 0.4) is 0 Å². The van der Waals surface area contributed by atoms with Gasteiger partial charge in [-0.3, -0.25) is 15.0 Å². The molecule has 1 aromatic heterocycles. The fourth-order valence-electron chi connectivity index (χ4n) is 3.76. The van der Waals surface area contributed by atoms with Gasteiger partial charge < -0.3 is 4.90 Å². The summed E-state index contributed by atoms with van der Waals surface area (Å²) in [5.74, 6) is 0.0825. The molecule has 1 spiro atoms. The van der Waals surface area contributed by atoms with Gasteiger partial charge in [-0.05, 0) is 30.2 Å². The molecule has 3 heterocycles. The number of carbonyl (C=O) groups excluding carboxylic acids is 2. The summed E-state index contributed by atoms with van der Waals surface area (Å²) in [6, 6.07) is 5.80. The number of hydrogen-bond acceptors (Lipinski definition) is 4. The highest BCUT2D eigenvalue weighted by atomic mass is 79.9. The molecular weight excluding hydrogens is 404 g/mol.